The topological polar surface area (TPSA) is 69.7 Å². The second kappa shape index (κ2) is 8.49. The second-order valence-electron chi connectivity index (χ2n) is 6.85. The molecule has 1 heterocycles. The molecule has 1 aromatic carbocycles. The average molecular weight is 365 g/mol. The van der Waals surface area contributed by atoms with Gasteiger partial charge in [0.05, 0.1) is 6.26 Å². The molecule has 25 heavy (non-hydrogen) atoms. The maximum Gasteiger partial charge on any atom is 0.246 e. The fourth-order valence-electron chi connectivity index (χ4n) is 2.82. The van der Waals surface area contributed by atoms with Crippen LogP contribution in [0.15, 0.2) is 30.3 Å². The molecule has 0 atom stereocenters. The summed E-state index contributed by atoms with van der Waals surface area (Å²) in [4.78, 5) is 16.5. The first-order valence-electron chi connectivity index (χ1n) is 8.50. The van der Waals surface area contributed by atoms with E-state index in [4.69, 9.17) is 0 Å². The van der Waals surface area contributed by atoms with Crippen molar-refractivity contribution in [2.24, 2.45) is 5.92 Å². The minimum absolute atomic E-state index is 0.0162. The maximum absolute atomic E-state index is 12.3. The number of hydrogen-bond donors (Lipinski definition) is 1. The molecule has 0 bridgehead atoms. The number of hydrogen-bond acceptors (Lipinski definition) is 4. The van der Waals surface area contributed by atoms with Gasteiger partial charge in [0.2, 0.25) is 15.9 Å². The Balaban J connectivity index is 1.86. The van der Waals surface area contributed by atoms with E-state index >= 15 is 0 Å². The molecular formula is C18H27N3O3S. The SMILES string of the molecule is CC(C)CN1CCN(C(=O)/C=C/c2ccc(NS(C)(=O)=O)cc2)CC1. The van der Waals surface area contributed by atoms with Crippen LogP contribution in [0.1, 0.15) is 19.4 Å². The summed E-state index contributed by atoms with van der Waals surface area (Å²) in [6.45, 7) is 8.84. The molecule has 6 nitrogen and oxygen atoms in total. The number of piperazine rings is 1. The van der Waals surface area contributed by atoms with Gasteiger partial charge in [0.25, 0.3) is 0 Å². The van der Waals surface area contributed by atoms with Crippen LogP contribution in [-0.4, -0.2) is 63.1 Å². The molecule has 1 aliphatic rings. The van der Waals surface area contributed by atoms with Crippen molar-refractivity contribution in [2.75, 3.05) is 43.7 Å². The highest BCUT2D eigenvalue weighted by Gasteiger charge is 2.19. The largest absolute Gasteiger partial charge is 0.337 e. The van der Waals surface area contributed by atoms with Gasteiger partial charge in [0, 0.05) is 44.5 Å². The minimum Gasteiger partial charge on any atom is -0.337 e. The highest BCUT2D eigenvalue weighted by atomic mass is 32.2. The van der Waals surface area contributed by atoms with Crippen LogP contribution in [0.5, 0.6) is 0 Å². The van der Waals surface area contributed by atoms with E-state index in [-0.39, 0.29) is 5.91 Å². The number of carbonyl (C=O) groups excluding carboxylic acids is 1. The van der Waals surface area contributed by atoms with Crippen molar-refractivity contribution >= 4 is 27.7 Å². The lowest BCUT2D eigenvalue weighted by atomic mass is 10.1. The number of rotatable bonds is 6. The van der Waals surface area contributed by atoms with Gasteiger partial charge in [-0.05, 0) is 29.7 Å². The van der Waals surface area contributed by atoms with E-state index in [0.29, 0.717) is 11.6 Å². The first-order chi connectivity index (χ1) is 11.7. The Kier molecular flexibility index (Phi) is 6.61. The zero-order valence-corrected chi connectivity index (χ0v) is 15.9. The molecule has 0 spiro atoms. The molecule has 7 heteroatoms. The summed E-state index contributed by atoms with van der Waals surface area (Å²) in [7, 11) is -3.28. The quantitative estimate of drug-likeness (QED) is 0.782. The van der Waals surface area contributed by atoms with Gasteiger partial charge < -0.3 is 4.90 Å². The lowest BCUT2D eigenvalue weighted by Crippen LogP contribution is -2.49. The number of nitrogens with one attached hydrogen (secondary N) is 1. The highest BCUT2D eigenvalue weighted by Crippen LogP contribution is 2.12. The second-order valence-corrected chi connectivity index (χ2v) is 8.60. The molecule has 1 aliphatic heterocycles. The van der Waals surface area contributed by atoms with Crippen molar-refractivity contribution < 1.29 is 13.2 Å². The number of nitrogens with zero attached hydrogens (tertiary/aromatic N) is 2. The van der Waals surface area contributed by atoms with Gasteiger partial charge in [-0.25, -0.2) is 8.42 Å². The zero-order valence-electron chi connectivity index (χ0n) is 15.1. The summed E-state index contributed by atoms with van der Waals surface area (Å²) in [6.07, 6.45) is 4.45. The van der Waals surface area contributed by atoms with Gasteiger partial charge >= 0.3 is 0 Å². The van der Waals surface area contributed by atoms with Crippen LogP contribution in [0.4, 0.5) is 5.69 Å². The average Bonchev–Trinajstić information content (AvgIpc) is 2.52. The van der Waals surface area contributed by atoms with Gasteiger partial charge in [-0.1, -0.05) is 26.0 Å². The monoisotopic (exact) mass is 365 g/mol. The van der Waals surface area contributed by atoms with Gasteiger partial charge in [-0.15, -0.1) is 0 Å². The number of carbonyl (C=O) groups is 1. The van der Waals surface area contributed by atoms with E-state index in [1.807, 2.05) is 4.90 Å². The molecule has 1 saturated heterocycles. The first kappa shape index (κ1) is 19.5. The van der Waals surface area contributed by atoms with E-state index in [0.717, 1.165) is 44.5 Å². The van der Waals surface area contributed by atoms with E-state index in [2.05, 4.69) is 23.5 Å². The summed E-state index contributed by atoms with van der Waals surface area (Å²) < 4.78 is 24.8. The summed E-state index contributed by atoms with van der Waals surface area (Å²) in [6, 6.07) is 6.90. The van der Waals surface area contributed by atoms with Gasteiger partial charge in [-0.3, -0.25) is 14.4 Å². The molecular weight excluding hydrogens is 338 g/mol. The van der Waals surface area contributed by atoms with Gasteiger partial charge in [-0.2, -0.15) is 0 Å². The molecule has 0 radical (unpaired) electrons. The summed E-state index contributed by atoms with van der Waals surface area (Å²) in [5.41, 5.74) is 1.36. The molecule has 138 valence electrons. The van der Waals surface area contributed by atoms with Crippen molar-refractivity contribution in [2.45, 2.75) is 13.8 Å². The Hall–Kier alpha value is -1.86. The molecule has 0 aliphatic carbocycles. The molecule has 1 N–H and O–H groups in total. The predicted octanol–water partition coefficient (Wildman–Crippen LogP) is 1.87. The van der Waals surface area contributed by atoms with Crippen LogP contribution in [0.3, 0.4) is 0 Å². The number of sulfonamides is 1. The Morgan fingerprint density at radius 2 is 1.76 bits per heavy atom. The smallest absolute Gasteiger partial charge is 0.246 e. The molecule has 2 rings (SSSR count). The Labute approximate surface area is 150 Å². The van der Waals surface area contributed by atoms with E-state index in [9.17, 15) is 13.2 Å². The molecule has 1 amide bonds. The van der Waals surface area contributed by atoms with Gasteiger partial charge in [0.15, 0.2) is 0 Å². The number of benzene rings is 1. The van der Waals surface area contributed by atoms with Crippen LogP contribution in [0, 0.1) is 5.92 Å². The molecule has 0 aromatic heterocycles. The maximum atomic E-state index is 12.3. The Morgan fingerprint density at radius 3 is 2.28 bits per heavy atom. The molecule has 0 saturated carbocycles. The Morgan fingerprint density at radius 1 is 1.16 bits per heavy atom. The van der Waals surface area contributed by atoms with Gasteiger partial charge in [0.1, 0.15) is 0 Å². The molecule has 0 unspecified atom stereocenters. The first-order valence-corrected chi connectivity index (χ1v) is 10.4. The van der Waals surface area contributed by atoms with E-state index in [1.54, 1.807) is 36.4 Å². The van der Waals surface area contributed by atoms with Crippen LogP contribution < -0.4 is 4.72 Å². The third-order valence-corrected chi connectivity index (χ3v) is 4.55. The summed E-state index contributed by atoms with van der Waals surface area (Å²) in [5.74, 6) is 0.657. The third kappa shape index (κ3) is 6.88. The van der Waals surface area contributed by atoms with Crippen molar-refractivity contribution in [3.05, 3.63) is 35.9 Å². The number of amides is 1. The Bertz CT molecular complexity index is 704. The van der Waals surface area contributed by atoms with Crippen molar-refractivity contribution in [3.63, 3.8) is 0 Å². The van der Waals surface area contributed by atoms with Crippen LogP contribution >= 0.6 is 0 Å². The molecule has 1 fully saturated rings. The summed E-state index contributed by atoms with van der Waals surface area (Å²) >= 11 is 0. The fraction of sp³-hybridized carbons (Fsp3) is 0.500. The van der Waals surface area contributed by atoms with Crippen LogP contribution in [-0.2, 0) is 14.8 Å². The standard InChI is InChI=1S/C18H27N3O3S/c1-15(2)14-20-10-12-21(13-11-20)18(22)9-6-16-4-7-17(8-5-16)19-25(3,23)24/h4-9,15,19H,10-14H2,1-3H3/b9-6+. The van der Waals surface area contributed by atoms with E-state index in [1.165, 1.54) is 0 Å². The van der Waals surface area contributed by atoms with Crippen LogP contribution in [0.2, 0.25) is 0 Å². The lowest BCUT2D eigenvalue weighted by Gasteiger charge is -2.35. The predicted molar refractivity (Wildman–Crippen MR) is 102 cm³/mol. The van der Waals surface area contributed by atoms with Crippen molar-refractivity contribution in [3.8, 4) is 0 Å². The number of anilines is 1. The van der Waals surface area contributed by atoms with Crippen LogP contribution in [0.25, 0.3) is 6.08 Å². The molecule has 1 aromatic rings. The van der Waals surface area contributed by atoms with E-state index < -0.39 is 10.0 Å². The third-order valence-electron chi connectivity index (χ3n) is 3.94. The highest BCUT2D eigenvalue weighted by molar-refractivity contribution is 7.92. The van der Waals surface area contributed by atoms with Crippen molar-refractivity contribution in [1.82, 2.24) is 9.80 Å². The van der Waals surface area contributed by atoms with Crippen molar-refractivity contribution in [1.29, 1.82) is 0 Å². The summed E-state index contributed by atoms with van der Waals surface area (Å²) in [5, 5.41) is 0. The fourth-order valence-corrected chi connectivity index (χ4v) is 3.38. The lowest BCUT2D eigenvalue weighted by molar-refractivity contribution is -0.127. The zero-order chi connectivity index (χ0) is 18.4. The normalized spacial score (nSPS) is 16.6. The minimum atomic E-state index is -3.28.